The maximum atomic E-state index is 6.35. The fourth-order valence-electron chi connectivity index (χ4n) is 4.80. The van der Waals surface area contributed by atoms with Crippen molar-refractivity contribution in [3.05, 3.63) is 81.7 Å². The normalized spacial score (nSPS) is 12.3. The summed E-state index contributed by atoms with van der Waals surface area (Å²) in [7, 11) is 0. The summed E-state index contributed by atoms with van der Waals surface area (Å²) in [6.07, 6.45) is 0. The van der Waals surface area contributed by atoms with Gasteiger partial charge in [-0.15, -0.1) is 0 Å². The highest BCUT2D eigenvalue weighted by molar-refractivity contribution is 9.10. The zero-order chi connectivity index (χ0) is 20.0. The Kier molecular flexibility index (Phi) is 3.31. The first kappa shape index (κ1) is 16.9. The molecule has 0 atom stereocenters. The van der Waals surface area contributed by atoms with Crippen LogP contribution >= 0.6 is 31.9 Å². The van der Waals surface area contributed by atoms with Crippen LogP contribution in [0.5, 0.6) is 0 Å². The van der Waals surface area contributed by atoms with Crippen molar-refractivity contribution in [1.82, 2.24) is 0 Å². The summed E-state index contributed by atoms with van der Waals surface area (Å²) in [5, 5.41) is 9.24. The molecule has 0 N–H and O–H groups in total. The molecule has 2 aromatic heterocycles. The molecule has 2 heterocycles. The van der Waals surface area contributed by atoms with Crippen molar-refractivity contribution in [3.63, 3.8) is 0 Å². The van der Waals surface area contributed by atoms with Gasteiger partial charge in [-0.3, -0.25) is 0 Å². The highest BCUT2D eigenvalue weighted by Crippen LogP contribution is 2.46. The summed E-state index contributed by atoms with van der Waals surface area (Å²) in [5.74, 6) is 0. The van der Waals surface area contributed by atoms with E-state index in [9.17, 15) is 0 Å². The molecule has 0 spiro atoms. The molecule has 0 unspecified atom stereocenters. The molecule has 0 bridgehead atoms. The predicted molar refractivity (Wildman–Crippen MR) is 131 cm³/mol. The van der Waals surface area contributed by atoms with E-state index < -0.39 is 0 Å². The third-order valence-corrected chi connectivity index (χ3v) is 6.94. The standard InChI is InChI=1S/C26H12Br2O2/c27-13-8-10-20-17(11-13)23-15-3-1-5-21-25(15)24(16-4-2-6-22(30-20)26(16)23)18-12-14(28)7-9-19(18)29-21/h1-12H. The molecule has 5 aromatic carbocycles. The molecular formula is C26H12Br2O2. The van der Waals surface area contributed by atoms with Gasteiger partial charge < -0.3 is 8.83 Å². The lowest BCUT2D eigenvalue weighted by molar-refractivity contribution is 0.661. The van der Waals surface area contributed by atoms with Crippen molar-refractivity contribution < 1.29 is 8.83 Å². The predicted octanol–water partition coefficient (Wildman–Crippen LogP) is 9.32. The summed E-state index contributed by atoms with van der Waals surface area (Å²) >= 11 is 7.28. The topological polar surface area (TPSA) is 26.3 Å². The molecule has 0 aliphatic heterocycles. The Morgan fingerprint density at radius 3 is 1.37 bits per heavy atom. The first-order valence-electron chi connectivity index (χ1n) is 9.66. The molecule has 7 aromatic rings. The van der Waals surface area contributed by atoms with Crippen molar-refractivity contribution in [2.75, 3.05) is 0 Å². The average Bonchev–Trinajstić information content (AvgIpc) is 2.76. The lowest BCUT2D eigenvalue weighted by Gasteiger charge is -2.17. The molecule has 0 amide bonds. The van der Waals surface area contributed by atoms with E-state index >= 15 is 0 Å². The number of hydrogen-bond acceptors (Lipinski definition) is 2. The average molecular weight is 516 g/mol. The van der Waals surface area contributed by atoms with Crippen molar-refractivity contribution in [3.8, 4) is 0 Å². The molecule has 7 rings (SSSR count). The van der Waals surface area contributed by atoms with Crippen LogP contribution in [0, 0.1) is 0 Å². The Balaban J connectivity index is 1.94. The molecule has 0 aliphatic carbocycles. The van der Waals surface area contributed by atoms with E-state index in [4.69, 9.17) is 8.83 Å². The minimum absolute atomic E-state index is 0.874. The lowest BCUT2D eigenvalue weighted by atomic mass is 9.90. The number of benzene rings is 5. The van der Waals surface area contributed by atoms with Crippen LogP contribution in [0.2, 0.25) is 0 Å². The van der Waals surface area contributed by atoms with Crippen LogP contribution in [-0.2, 0) is 0 Å². The summed E-state index contributed by atoms with van der Waals surface area (Å²) in [5.41, 5.74) is 3.53. The second-order valence-corrected chi connectivity index (χ2v) is 9.42. The van der Waals surface area contributed by atoms with E-state index in [2.05, 4.69) is 80.4 Å². The Bertz CT molecular complexity index is 1690. The van der Waals surface area contributed by atoms with Gasteiger partial charge in [0.2, 0.25) is 0 Å². The van der Waals surface area contributed by atoms with Gasteiger partial charge in [0.05, 0.1) is 0 Å². The number of hydrogen-bond donors (Lipinski definition) is 0. The van der Waals surface area contributed by atoms with Crippen molar-refractivity contribution in [1.29, 1.82) is 0 Å². The third kappa shape index (κ3) is 2.13. The summed E-state index contributed by atoms with van der Waals surface area (Å²) in [6.45, 7) is 0. The summed E-state index contributed by atoms with van der Waals surface area (Å²) in [6, 6.07) is 25.0. The minimum Gasteiger partial charge on any atom is -0.456 e. The van der Waals surface area contributed by atoms with Gasteiger partial charge in [0.1, 0.15) is 22.3 Å². The number of rotatable bonds is 0. The molecule has 2 nitrogen and oxygen atoms in total. The van der Waals surface area contributed by atoms with Crippen LogP contribution in [-0.4, -0.2) is 0 Å². The maximum Gasteiger partial charge on any atom is 0.135 e. The van der Waals surface area contributed by atoms with E-state index in [0.29, 0.717) is 0 Å². The van der Waals surface area contributed by atoms with Gasteiger partial charge in [-0.2, -0.15) is 0 Å². The zero-order valence-corrected chi connectivity index (χ0v) is 18.7. The van der Waals surface area contributed by atoms with Gasteiger partial charge in [0.15, 0.2) is 0 Å². The number of fused-ring (bicyclic) bond motifs is 6. The van der Waals surface area contributed by atoms with E-state index in [1.54, 1.807) is 0 Å². The van der Waals surface area contributed by atoms with Gasteiger partial charge in [0.25, 0.3) is 0 Å². The highest BCUT2D eigenvalue weighted by Gasteiger charge is 2.20. The fourth-order valence-corrected chi connectivity index (χ4v) is 5.53. The van der Waals surface area contributed by atoms with Crippen LogP contribution < -0.4 is 0 Å². The monoisotopic (exact) mass is 514 g/mol. The van der Waals surface area contributed by atoms with Crippen LogP contribution in [0.1, 0.15) is 0 Å². The van der Waals surface area contributed by atoms with E-state index in [0.717, 1.165) is 52.8 Å². The Morgan fingerprint density at radius 1 is 0.433 bits per heavy atom. The fraction of sp³-hybridized carbons (Fsp3) is 0. The van der Waals surface area contributed by atoms with Gasteiger partial charge in [-0.05, 0) is 59.3 Å². The van der Waals surface area contributed by atoms with E-state index in [-0.39, 0.29) is 0 Å². The van der Waals surface area contributed by atoms with Crippen LogP contribution in [0.25, 0.3) is 65.4 Å². The SMILES string of the molecule is Brc1ccc2oc3cccc4c3c(c2c1)c1cccc2oc3ccc(Br)cc3c4c21. The largest absolute Gasteiger partial charge is 0.456 e. The van der Waals surface area contributed by atoms with Crippen molar-refractivity contribution >= 4 is 97.3 Å². The summed E-state index contributed by atoms with van der Waals surface area (Å²) in [4.78, 5) is 0. The van der Waals surface area contributed by atoms with Gasteiger partial charge in [-0.25, -0.2) is 0 Å². The van der Waals surface area contributed by atoms with Gasteiger partial charge in [0, 0.05) is 41.3 Å². The molecular weight excluding hydrogens is 504 g/mol. The van der Waals surface area contributed by atoms with Crippen molar-refractivity contribution in [2.45, 2.75) is 0 Å². The lowest BCUT2D eigenvalue weighted by Crippen LogP contribution is -1.90. The molecule has 4 heteroatoms. The quantitative estimate of drug-likeness (QED) is 0.148. The van der Waals surface area contributed by atoms with E-state index in [1.807, 2.05) is 24.3 Å². The molecule has 0 fully saturated rings. The van der Waals surface area contributed by atoms with Crippen LogP contribution in [0.15, 0.2) is 90.6 Å². The Labute approximate surface area is 187 Å². The third-order valence-electron chi connectivity index (χ3n) is 5.95. The van der Waals surface area contributed by atoms with Crippen LogP contribution in [0.3, 0.4) is 0 Å². The maximum absolute atomic E-state index is 6.35. The minimum atomic E-state index is 0.874. The van der Waals surface area contributed by atoms with Gasteiger partial charge in [-0.1, -0.05) is 56.1 Å². The van der Waals surface area contributed by atoms with Gasteiger partial charge >= 0.3 is 0 Å². The molecule has 0 saturated heterocycles. The Hall–Kier alpha value is -2.82. The molecule has 142 valence electrons. The van der Waals surface area contributed by atoms with E-state index in [1.165, 1.54) is 21.5 Å². The smallest absolute Gasteiger partial charge is 0.135 e. The molecule has 0 saturated carbocycles. The zero-order valence-electron chi connectivity index (χ0n) is 15.5. The second kappa shape index (κ2) is 5.87. The first-order chi connectivity index (χ1) is 14.7. The second-order valence-electron chi connectivity index (χ2n) is 7.59. The first-order valence-corrected chi connectivity index (χ1v) is 11.2. The molecule has 0 radical (unpaired) electrons. The number of halogens is 2. The highest BCUT2D eigenvalue weighted by atomic mass is 79.9. The molecule has 30 heavy (non-hydrogen) atoms. The van der Waals surface area contributed by atoms with Crippen molar-refractivity contribution in [2.24, 2.45) is 0 Å². The molecule has 0 aliphatic rings. The summed E-state index contributed by atoms with van der Waals surface area (Å²) < 4.78 is 14.8. The Morgan fingerprint density at radius 2 is 0.900 bits per heavy atom. The van der Waals surface area contributed by atoms with Crippen LogP contribution in [0.4, 0.5) is 0 Å².